The number of rotatable bonds is 3. The van der Waals surface area contributed by atoms with Gasteiger partial charge in [-0.25, -0.2) is 0 Å². The Balaban J connectivity index is 1.55. The molecule has 1 unspecified atom stereocenters. The number of fused-ring (bicyclic) bond motifs is 1. The lowest BCUT2D eigenvalue weighted by Crippen LogP contribution is -2.50. The average molecular weight is 421 g/mol. The highest BCUT2D eigenvalue weighted by atomic mass is 35.5. The molecule has 0 bridgehead atoms. The zero-order valence-corrected chi connectivity index (χ0v) is 16.9. The maximum absolute atomic E-state index is 13.2. The van der Waals surface area contributed by atoms with E-state index in [4.69, 9.17) is 23.2 Å². The second kappa shape index (κ2) is 8.13. The van der Waals surface area contributed by atoms with Crippen molar-refractivity contribution in [3.63, 3.8) is 0 Å². The lowest BCUT2D eigenvalue weighted by atomic mass is 9.94. The van der Waals surface area contributed by atoms with Gasteiger partial charge in [-0.15, -0.1) is 0 Å². The fourth-order valence-corrected chi connectivity index (χ4v) is 4.50. The van der Waals surface area contributed by atoms with Gasteiger partial charge < -0.3 is 10.2 Å². The SMILES string of the molecule is O=C(Nc1ccc(Cl)cc1Cl)C1CCCCN1C(=O)c1n[nH]c2c1CCCC2. The van der Waals surface area contributed by atoms with Crippen molar-refractivity contribution >= 4 is 40.7 Å². The molecule has 1 aliphatic heterocycles. The molecule has 1 aliphatic carbocycles. The number of likely N-dealkylation sites (tertiary alicyclic amines) is 1. The Morgan fingerprint density at radius 1 is 1.14 bits per heavy atom. The van der Waals surface area contributed by atoms with Gasteiger partial charge in [0.2, 0.25) is 5.91 Å². The average Bonchev–Trinajstić information content (AvgIpc) is 3.13. The van der Waals surface area contributed by atoms with Crippen LogP contribution in [0.25, 0.3) is 0 Å². The van der Waals surface area contributed by atoms with E-state index in [-0.39, 0.29) is 11.8 Å². The monoisotopic (exact) mass is 420 g/mol. The van der Waals surface area contributed by atoms with Crippen LogP contribution in [0.15, 0.2) is 18.2 Å². The van der Waals surface area contributed by atoms with Gasteiger partial charge in [0.1, 0.15) is 6.04 Å². The normalized spacial score (nSPS) is 19.2. The van der Waals surface area contributed by atoms with E-state index >= 15 is 0 Å². The molecular weight excluding hydrogens is 399 g/mol. The number of H-pyrrole nitrogens is 1. The molecule has 2 heterocycles. The van der Waals surface area contributed by atoms with Gasteiger partial charge in [-0.1, -0.05) is 23.2 Å². The van der Waals surface area contributed by atoms with E-state index in [2.05, 4.69) is 15.5 Å². The third kappa shape index (κ3) is 3.76. The van der Waals surface area contributed by atoms with Crippen molar-refractivity contribution in [2.24, 2.45) is 0 Å². The van der Waals surface area contributed by atoms with Crippen LogP contribution < -0.4 is 5.32 Å². The summed E-state index contributed by atoms with van der Waals surface area (Å²) in [5.74, 6) is -0.400. The zero-order valence-electron chi connectivity index (χ0n) is 15.4. The molecule has 8 heteroatoms. The van der Waals surface area contributed by atoms with E-state index in [9.17, 15) is 9.59 Å². The van der Waals surface area contributed by atoms with Gasteiger partial charge in [0.25, 0.3) is 5.91 Å². The number of hydrogen-bond donors (Lipinski definition) is 2. The number of aromatic nitrogens is 2. The van der Waals surface area contributed by atoms with Gasteiger partial charge >= 0.3 is 0 Å². The maximum Gasteiger partial charge on any atom is 0.275 e. The van der Waals surface area contributed by atoms with Gasteiger partial charge in [-0.3, -0.25) is 14.7 Å². The van der Waals surface area contributed by atoms with E-state index in [0.717, 1.165) is 49.8 Å². The van der Waals surface area contributed by atoms with E-state index in [1.165, 1.54) is 0 Å². The van der Waals surface area contributed by atoms with Crippen molar-refractivity contribution in [2.45, 2.75) is 51.0 Å². The van der Waals surface area contributed by atoms with Crippen LogP contribution in [0.4, 0.5) is 5.69 Å². The summed E-state index contributed by atoms with van der Waals surface area (Å²) in [6, 6.07) is 4.38. The fourth-order valence-electron chi connectivity index (χ4n) is 4.05. The minimum Gasteiger partial charge on any atom is -0.325 e. The summed E-state index contributed by atoms with van der Waals surface area (Å²) in [5, 5.41) is 11.0. The zero-order chi connectivity index (χ0) is 19.7. The number of carbonyl (C=O) groups excluding carboxylic acids is 2. The van der Waals surface area contributed by atoms with Gasteiger partial charge in [0.05, 0.1) is 10.7 Å². The molecule has 2 aromatic rings. The molecule has 2 amide bonds. The highest BCUT2D eigenvalue weighted by Gasteiger charge is 2.35. The molecule has 2 N–H and O–H groups in total. The molecule has 1 atom stereocenters. The summed E-state index contributed by atoms with van der Waals surface area (Å²) in [6.45, 7) is 0.549. The summed E-state index contributed by atoms with van der Waals surface area (Å²) >= 11 is 12.1. The molecule has 0 saturated carbocycles. The third-order valence-corrected chi connectivity index (χ3v) is 6.06. The minimum atomic E-state index is -0.538. The van der Waals surface area contributed by atoms with Crippen LogP contribution in [-0.2, 0) is 17.6 Å². The second-order valence-corrected chi connectivity index (χ2v) is 8.20. The Bertz CT molecular complexity index is 912. The van der Waals surface area contributed by atoms with Crippen molar-refractivity contribution in [1.82, 2.24) is 15.1 Å². The Morgan fingerprint density at radius 2 is 1.96 bits per heavy atom. The molecule has 1 fully saturated rings. The Morgan fingerprint density at radius 3 is 2.79 bits per heavy atom. The number of nitrogens with zero attached hydrogens (tertiary/aromatic N) is 2. The van der Waals surface area contributed by atoms with Crippen molar-refractivity contribution in [3.05, 3.63) is 45.2 Å². The lowest BCUT2D eigenvalue weighted by molar-refractivity contribution is -0.121. The number of halogens is 2. The first-order valence-corrected chi connectivity index (χ1v) is 10.4. The van der Waals surface area contributed by atoms with Crippen molar-refractivity contribution in [1.29, 1.82) is 0 Å². The van der Waals surface area contributed by atoms with Gasteiger partial charge in [-0.2, -0.15) is 5.10 Å². The van der Waals surface area contributed by atoms with E-state index in [1.807, 2.05) is 0 Å². The molecule has 2 aliphatic rings. The van der Waals surface area contributed by atoms with Crippen molar-refractivity contribution in [3.8, 4) is 0 Å². The molecule has 4 rings (SSSR count). The first-order chi connectivity index (χ1) is 13.5. The fraction of sp³-hybridized carbons (Fsp3) is 0.450. The third-order valence-electron chi connectivity index (χ3n) is 5.51. The number of aromatic amines is 1. The summed E-state index contributed by atoms with van der Waals surface area (Å²) in [7, 11) is 0. The Kier molecular flexibility index (Phi) is 5.60. The first kappa shape index (κ1) is 19.3. The maximum atomic E-state index is 13.2. The Hall–Kier alpha value is -2.05. The number of nitrogens with one attached hydrogen (secondary N) is 2. The quantitative estimate of drug-likeness (QED) is 0.779. The van der Waals surface area contributed by atoms with Crippen molar-refractivity contribution < 1.29 is 9.59 Å². The molecule has 1 saturated heterocycles. The standard InChI is InChI=1S/C20H22Cl2N4O2/c21-12-8-9-16(14(22)11-12)23-19(27)17-7-3-4-10-26(17)20(28)18-13-5-1-2-6-15(13)24-25-18/h8-9,11,17H,1-7,10H2,(H,23,27)(H,24,25). The largest absolute Gasteiger partial charge is 0.325 e. The van der Waals surface area contributed by atoms with Gasteiger partial charge in [0, 0.05) is 22.8 Å². The van der Waals surface area contributed by atoms with Crippen LogP contribution in [0, 0.1) is 0 Å². The second-order valence-electron chi connectivity index (χ2n) is 7.36. The first-order valence-electron chi connectivity index (χ1n) is 9.67. The van der Waals surface area contributed by atoms with Crippen LogP contribution in [0.2, 0.25) is 10.0 Å². The molecule has 1 aromatic heterocycles. The minimum absolute atomic E-state index is 0.165. The number of anilines is 1. The summed E-state index contributed by atoms with van der Waals surface area (Å²) in [4.78, 5) is 27.8. The van der Waals surface area contributed by atoms with E-state index in [1.54, 1.807) is 23.1 Å². The number of benzene rings is 1. The van der Waals surface area contributed by atoms with Gasteiger partial charge in [-0.05, 0) is 63.1 Å². The Labute approximate surface area is 173 Å². The molecule has 0 radical (unpaired) electrons. The van der Waals surface area contributed by atoms with Crippen LogP contribution >= 0.6 is 23.2 Å². The molecule has 148 valence electrons. The highest BCUT2D eigenvalue weighted by Crippen LogP contribution is 2.28. The highest BCUT2D eigenvalue weighted by molar-refractivity contribution is 6.36. The lowest BCUT2D eigenvalue weighted by Gasteiger charge is -2.34. The number of aryl methyl sites for hydroxylation is 1. The summed E-state index contributed by atoms with van der Waals surface area (Å²) in [6.07, 6.45) is 6.35. The number of carbonyl (C=O) groups is 2. The summed E-state index contributed by atoms with van der Waals surface area (Å²) < 4.78 is 0. The van der Waals surface area contributed by atoms with Crippen LogP contribution in [0.3, 0.4) is 0 Å². The number of piperidine rings is 1. The predicted octanol–water partition coefficient (Wildman–Crippen LogP) is 4.23. The predicted molar refractivity (Wildman–Crippen MR) is 109 cm³/mol. The smallest absolute Gasteiger partial charge is 0.275 e. The van der Waals surface area contributed by atoms with Gasteiger partial charge in [0.15, 0.2) is 5.69 Å². The molecule has 0 spiro atoms. The van der Waals surface area contributed by atoms with E-state index < -0.39 is 6.04 Å². The number of hydrogen-bond acceptors (Lipinski definition) is 3. The van der Waals surface area contributed by atoms with Crippen LogP contribution in [0.1, 0.15) is 53.8 Å². The number of amides is 2. The van der Waals surface area contributed by atoms with Crippen LogP contribution in [-0.4, -0.2) is 39.5 Å². The van der Waals surface area contributed by atoms with Crippen molar-refractivity contribution in [2.75, 3.05) is 11.9 Å². The van der Waals surface area contributed by atoms with E-state index in [0.29, 0.717) is 34.4 Å². The van der Waals surface area contributed by atoms with Crippen LogP contribution in [0.5, 0.6) is 0 Å². The summed E-state index contributed by atoms with van der Waals surface area (Å²) in [5.41, 5.74) is 3.03. The molecule has 28 heavy (non-hydrogen) atoms. The topological polar surface area (TPSA) is 78.1 Å². The molecule has 1 aromatic carbocycles. The molecule has 6 nitrogen and oxygen atoms in total. The molecular formula is C20H22Cl2N4O2.